The second-order valence-electron chi connectivity index (χ2n) is 3.96. The Kier molecular flexibility index (Phi) is 11.8. The Hall–Kier alpha value is -0.970. The monoisotopic (exact) mass is 273 g/mol. The maximum Gasteiger partial charge on any atom is 0.330 e. The van der Waals surface area contributed by atoms with Crippen LogP contribution in [0.3, 0.4) is 0 Å². The van der Waals surface area contributed by atoms with Crippen molar-refractivity contribution in [1.82, 2.24) is 5.32 Å². The highest BCUT2D eigenvalue weighted by Crippen LogP contribution is 2.03. The molecule has 4 nitrogen and oxygen atoms in total. The number of ether oxygens (including phenoxy) is 1. The Morgan fingerprint density at radius 3 is 2.56 bits per heavy atom. The van der Waals surface area contributed by atoms with Gasteiger partial charge in [0.1, 0.15) is 0 Å². The number of carbonyl (C=O) groups is 2. The fourth-order valence-corrected chi connectivity index (χ4v) is 1.59. The van der Waals surface area contributed by atoms with Crippen LogP contribution in [0, 0.1) is 0 Å². The summed E-state index contributed by atoms with van der Waals surface area (Å²) in [6.45, 7) is 4.15. The van der Waals surface area contributed by atoms with Gasteiger partial charge in [0.2, 0.25) is 5.91 Å². The van der Waals surface area contributed by atoms with Gasteiger partial charge in [-0.2, -0.15) is 12.6 Å². The van der Waals surface area contributed by atoms with E-state index in [4.69, 9.17) is 4.74 Å². The van der Waals surface area contributed by atoms with Crippen LogP contribution in [0.25, 0.3) is 0 Å². The molecule has 0 saturated carbocycles. The molecule has 0 aliphatic heterocycles. The molecule has 0 aromatic rings. The van der Waals surface area contributed by atoms with Gasteiger partial charge in [-0.05, 0) is 25.0 Å². The fraction of sp³-hybridized carbons (Fsp3) is 0.692. The number of hydrogen-bond acceptors (Lipinski definition) is 4. The van der Waals surface area contributed by atoms with E-state index in [1.165, 1.54) is 0 Å². The minimum absolute atomic E-state index is 0.0657. The van der Waals surface area contributed by atoms with Crippen molar-refractivity contribution in [2.45, 2.75) is 38.5 Å². The summed E-state index contributed by atoms with van der Waals surface area (Å²) in [7, 11) is 0. The van der Waals surface area contributed by atoms with Gasteiger partial charge in [0.05, 0.1) is 6.61 Å². The number of amides is 1. The van der Waals surface area contributed by atoms with Crippen LogP contribution in [0.5, 0.6) is 0 Å². The summed E-state index contributed by atoms with van der Waals surface area (Å²) in [6, 6.07) is 0. The summed E-state index contributed by atoms with van der Waals surface area (Å²) in [5.74, 6) is 0.553. The smallest absolute Gasteiger partial charge is 0.330 e. The highest BCUT2D eigenvalue weighted by atomic mass is 32.1. The molecule has 0 aromatic carbocycles. The Morgan fingerprint density at radius 1 is 1.17 bits per heavy atom. The number of rotatable bonds is 11. The van der Waals surface area contributed by atoms with Crippen molar-refractivity contribution < 1.29 is 14.3 Å². The van der Waals surface area contributed by atoms with Crippen molar-refractivity contribution in [3.8, 4) is 0 Å². The third-order valence-corrected chi connectivity index (χ3v) is 2.68. The van der Waals surface area contributed by atoms with Gasteiger partial charge in [0.15, 0.2) is 0 Å². The van der Waals surface area contributed by atoms with E-state index in [0.717, 1.165) is 37.5 Å². The van der Waals surface area contributed by atoms with Crippen molar-refractivity contribution in [2.24, 2.45) is 0 Å². The number of nitrogens with one attached hydrogen (secondary N) is 1. The molecule has 1 amide bonds. The highest BCUT2D eigenvalue weighted by Gasteiger charge is 2.00. The van der Waals surface area contributed by atoms with Crippen molar-refractivity contribution in [1.29, 1.82) is 0 Å². The van der Waals surface area contributed by atoms with Crippen LogP contribution in [-0.4, -0.2) is 30.8 Å². The van der Waals surface area contributed by atoms with Gasteiger partial charge in [-0.1, -0.05) is 19.4 Å². The van der Waals surface area contributed by atoms with Crippen LogP contribution >= 0.6 is 12.6 Å². The first-order valence-corrected chi connectivity index (χ1v) is 7.00. The summed E-state index contributed by atoms with van der Waals surface area (Å²) >= 11 is 4.13. The number of esters is 1. The molecular formula is C13H23NO3S. The normalized spacial score (nSPS) is 9.83. The molecule has 0 spiro atoms. The molecule has 18 heavy (non-hydrogen) atoms. The molecule has 0 saturated heterocycles. The van der Waals surface area contributed by atoms with Crippen molar-refractivity contribution in [2.75, 3.05) is 18.9 Å². The molecule has 0 atom stereocenters. The third kappa shape index (κ3) is 11.5. The van der Waals surface area contributed by atoms with Crippen LogP contribution < -0.4 is 5.32 Å². The number of thiol groups is 1. The van der Waals surface area contributed by atoms with Crippen LogP contribution in [0.4, 0.5) is 0 Å². The minimum atomic E-state index is -0.425. The molecule has 0 fully saturated rings. The first-order valence-electron chi connectivity index (χ1n) is 6.37. The van der Waals surface area contributed by atoms with Gasteiger partial charge in [-0.25, -0.2) is 4.79 Å². The Labute approximate surface area is 115 Å². The van der Waals surface area contributed by atoms with Gasteiger partial charge in [0.25, 0.3) is 0 Å². The van der Waals surface area contributed by atoms with E-state index >= 15 is 0 Å². The van der Waals surface area contributed by atoms with E-state index in [-0.39, 0.29) is 5.91 Å². The summed E-state index contributed by atoms with van der Waals surface area (Å²) in [5.41, 5.74) is 0. The molecule has 104 valence electrons. The van der Waals surface area contributed by atoms with E-state index < -0.39 is 5.97 Å². The quantitative estimate of drug-likeness (QED) is 0.262. The van der Waals surface area contributed by atoms with Crippen molar-refractivity contribution >= 4 is 24.5 Å². The standard InChI is InChI=1S/C13H23NO3S/c1-2-13(16)17-10-7-9-14-12(15)8-5-3-4-6-11-18/h2,18H,1,3-11H2,(H,14,15). The molecule has 1 N–H and O–H groups in total. The second kappa shape index (κ2) is 12.5. The SMILES string of the molecule is C=CC(=O)OCCCNC(=O)CCCCCCS. The lowest BCUT2D eigenvalue weighted by Crippen LogP contribution is -2.25. The Balaban J connectivity index is 3.26. The lowest BCUT2D eigenvalue weighted by molar-refractivity contribution is -0.137. The predicted octanol–water partition coefficient (Wildman–Crippen LogP) is 2.10. The van der Waals surface area contributed by atoms with Crippen LogP contribution in [0.1, 0.15) is 38.5 Å². The zero-order valence-corrected chi connectivity index (χ0v) is 11.7. The average molecular weight is 273 g/mol. The van der Waals surface area contributed by atoms with Crippen LogP contribution in [0.2, 0.25) is 0 Å². The first kappa shape index (κ1) is 17.0. The first-order chi connectivity index (χ1) is 8.70. The minimum Gasteiger partial charge on any atom is -0.462 e. The fourth-order valence-electron chi connectivity index (χ4n) is 1.37. The molecule has 5 heteroatoms. The summed E-state index contributed by atoms with van der Waals surface area (Å²) < 4.78 is 4.78. The van der Waals surface area contributed by atoms with E-state index in [2.05, 4.69) is 24.5 Å². The van der Waals surface area contributed by atoms with Gasteiger partial charge in [-0.3, -0.25) is 4.79 Å². The molecule has 0 heterocycles. The highest BCUT2D eigenvalue weighted by molar-refractivity contribution is 7.80. The summed E-state index contributed by atoms with van der Waals surface area (Å²) in [5, 5.41) is 2.79. The Morgan fingerprint density at radius 2 is 1.89 bits per heavy atom. The second-order valence-corrected chi connectivity index (χ2v) is 4.41. The van der Waals surface area contributed by atoms with Gasteiger partial charge in [0, 0.05) is 19.0 Å². The molecule has 0 aliphatic rings. The molecule has 0 aromatic heterocycles. The topological polar surface area (TPSA) is 55.4 Å². The molecule has 0 aliphatic carbocycles. The molecular weight excluding hydrogens is 250 g/mol. The van der Waals surface area contributed by atoms with E-state index in [1.807, 2.05) is 0 Å². The van der Waals surface area contributed by atoms with Crippen LogP contribution in [0.15, 0.2) is 12.7 Å². The number of carbonyl (C=O) groups excluding carboxylic acids is 2. The summed E-state index contributed by atoms with van der Waals surface area (Å²) in [4.78, 5) is 22.1. The largest absolute Gasteiger partial charge is 0.462 e. The maximum absolute atomic E-state index is 11.4. The van der Waals surface area contributed by atoms with Gasteiger partial charge < -0.3 is 10.1 Å². The average Bonchev–Trinajstić information content (AvgIpc) is 2.37. The van der Waals surface area contributed by atoms with Gasteiger partial charge in [-0.15, -0.1) is 0 Å². The van der Waals surface area contributed by atoms with Crippen LogP contribution in [-0.2, 0) is 14.3 Å². The molecule has 0 rings (SSSR count). The zero-order chi connectivity index (χ0) is 13.6. The van der Waals surface area contributed by atoms with Crippen molar-refractivity contribution in [3.63, 3.8) is 0 Å². The Bertz CT molecular complexity index is 257. The molecule has 0 radical (unpaired) electrons. The number of unbranched alkanes of at least 4 members (excludes halogenated alkanes) is 3. The third-order valence-electron chi connectivity index (χ3n) is 2.37. The molecule has 0 bridgehead atoms. The lowest BCUT2D eigenvalue weighted by atomic mass is 10.1. The predicted molar refractivity (Wildman–Crippen MR) is 75.7 cm³/mol. The lowest BCUT2D eigenvalue weighted by Gasteiger charge is -2.05. The van der Waals surface area contributed by atoms with E-state index in [1.54, 1.807) is 0 Å². The van der Waals surface area contributed by atoms with Gasteiger partial charge >= 0.3 is 5.97 Å². The van der Waals surface area contributed by atoms with Crippen molar-refractivity contribution in [3.05, 3.63) is 12.7 Å². The number of hydrogen-bond donors (Lipinski definition) is 2. The summed E-state index contributed by atoms with van der Waals surface area (Å²) in [6.07, 6.45) is 6.57. The zero-order valence-electron chi connectivity index (χ0n) is 10.8. The maximum atomic E-state index is 11.4. The van der Waals surface area contributed by atoms with E-state index in [9.17, 15) is 9.59 Å². The molecule has 0 unspecified atom stereocenters. The van der Waals surface area contributed by atoms with E-state index in [0.29, 0.717) is 26.0 Å².